The fourth-order valence-corrected chi connectivity index (χ4v) is 2.15. The van der Waals surface area contributed by atoms with Gasteiger partial charge >= 0.3 is 0 Å². The van der Waals surface area contributed by atoms with Gasteiger partial charge in [0.1, 0.15) is 6.61 Å². The molecule has 0 unspecified atom stereocenters. The molecular weight excluding hydrogens is 200 g/mol. The molecule has 1 aliphatic carbocycles. The van der Waals surface area contributed by atoms with Crippen LogP contribution in [0.15, 0.2) is 24.3 Å². The molecule has 0 saturated heterocycles. The summed E-state index contributed by atoms with van der Waals surface area (Å²) in [5, 5.41) is 0. The molecule has 0 aliphatic heterocycles. The largest absolute Gasteiger partial charge is 0.370 e. The Hall–Kier alpha value is -1.15. The maximum atomic E-state index is 11.8. The van der Waals surface area contributed by atoms with Crippen molar-refractivity contribution in [2.45, 2.75) is 38.7 Å². The minimum atomic E-state index is 0.0931. The van der Waals surface area contributed by atoms with E-state index in [-0.39, 0.29) is 12.4 Å². The van der Waals surface area contributed by atoms with E-state index in [1.54, 1.807) is 0 Å². The Morgan fingerprint density at radius 3 is 2.81 bits per heavy atom. The second-order valence-corrected chi connectivity index (χ2v) is 4.51. The van der Waals surface area contributed by atoms with E-state index in [2.05, 4.69) is 0 Å². The van der Waals surface area contributed by atoms with Gasteiger partial charge in [0.15, 0.2) is 5.78 Å². The second-order valence-electron chi connectivity index (χ2n) is 4.51. The van der Waals surface area contributed by atoms with Crippen molar-refractivity contribution in [2.24, 2.45) is 0 Å². The number of carbonyl (C=O) groups is 1. The van der Waals surface area contributed by atoms with Gasteiger partial charge in [0.25, 0.3) is 0 Å². The van der Waals surface area contributed by atoms with Crippen molar-refractivity contribution in [1.29, 1.82) is 0 Å². The maximum absolute atomic E-state index is 11.8. The average Bonchev–Trinajstić information content (AvgIpc) is 2.78. The molecular formula is C14H18O2. The number of Topliss-reactive ketones (excluding diaryl/α,β-unsaturated/α-hetero) is 1. The van der Waals surface area contributed by atoms with Crippen LogP contribution in [0, 0.1) is 6.92 Å². The average molecular weight is 218 g/mol. The summed E-state index contributed by atoms with van der Waals surface area (Å²) in [4.78, 5) is 11.8. The Labute approximate surface area is 96.6 Å². The van der Waals surface area contributed by atoms with Crippen LogP contribution in [0.4, 0.5) is 0 Å². The minimum Gasteiger partial charge on any atom is -0.370 e. The van der Waals surface area contributed by atoms with Crippen molar-refractivity contribution in [3.05, 3.63) is 35.4 Å². The zero-order valence-electron chi connectivity index (χ0n) is 9.74. The van der Waals surface area contributed by atoms with E-state index in [0.29, 0.717) is 6.10 Å². The van der Waals surface area contributed by atoms with Crippen LogP contribution in [0.5, 0.6) is 0 Å². The number of ketones is 1. The lowest BCUT2D eigenvalue weighted by Gasteiger charge is -2.10. The van der Waals surface area contributed by atoms with E-state index in [4.69, 9.17) is 4.74 Å². The first-order valence-corrected chi connectivity index (χ1v) is 5.97. The van der Waals surface area contributed by atoms with E-state index < -0.39 is 0 Å². The molecule has 2 rings (SSSR count). The Morgan fingerprint density at radius 1 is 1.38 bits per heavy atom. The predicted octanol–water partition coefficient (Wildman–Crippen LogP) is 3.14. The molecule has 1 saturated carbocycles. The summed E-state index contributed by atoms with van der Waals surface area (Å²) >= 11 is 0. The summed E-state index contributed by atoms with van der Waals surface area (Å²) in [6.45, 7) is 2.22. The van der Waals surface area contributed by atoms with Crippen molar-refractivity contribution in [3.63, 3.8) is 0 Å². The molecule has 1 aromatic rings. The highest BCUT2D eigenvalue weighted by Gasteiger charge is 2.17. The van der Waals surface area contributed by atoms with Gasteiger partial charge in [-0.15, -0.1) is 0 Å². The Bertz CT molecular complexity index is 365. The molecule has 2 nitrogen and oxygen atoms in total. The molecule has 0 aromatic heterocycles. The minimum absolute atomic E-state index is 0.0931. The predicted molar refractivity (Wildman–Crippen MR) is 63.7 cm³/mol. The first kappa shape index (κ1) is 11.3. The van der Waals surface area contributed by atoms with Gasteiger partial charge in [0, 0.05) is 5.56 Å². The number of rotatable bonds is 4. The second kappa shape index (κ2) is 5.26. The number of hydrogen-bond donors (Lipinski definition) is 0. The molecule has 1 fully saturated rings. The van der Waals surface area contributed by atoms with Gasteiger partial charge in [-0.25, -0.2) is 0 Å². The molecule has 0 spiro atoms. The van der Waals surface area contributed by atoms with Crippen LogP contribution in [-0.2, 0) is 4.74 Å². The zero-order valence-corrected chi connectivity index (χ0v) is 9.74. The lowest BCUT2D eigenvalue weighted by Crippen LogP contribution is -2.15. The van der Waals surface area contributed by atoms with Crippen LogP contribution in [0.25, 0.3) is 0 Å². The SMILES string of the molecule is Cc1cccc(C(=O)COC2CCCC2)c1. The summed E-state index contributed by atoms with van der Waals surface area (Å²) in [5.74, 6) is 0.0931. The fraction of sp³-hybridized carbons (Fsp3) is 0.500. The fourth-order valence-electron chi connectivity index (χ4n) is 2.15. The summed E-state index contributed by atoms with van der Waals surface area (Å²) in [5.41, 5.74) is 1.88. The van der Waals surface area contributed by atoms with E-state index >= 15 is 0 Å². The molecule has 0 heterocycles. The highest BCUT2D eigenvalue weighted by molar-refractivity contribution is 5.97. The molecule has 0 amide bonds. The monoisotopic (exact) mass is 218 g/mol. The van der Waals surface area contributed by atoms with Gasteiger partial charge in [0.2, 0.25) is 0 Å². The van der Waals surface area contributed by atoms with E-state index in [0.717, 1.165) is 24.0 Å². The van der Waals surface area contributed by atoms with Crippen molar-refractivity contribution in [2.75, 3.05) is 6.61 Å². The van der Waals surface area contributed by atoms with Gasteiger partial charge in [-0.1, -0.05) is 36.6 Å². The quantitative estimate of drug-likeness (QED) is 0.726. The number of hydrogen-bond acceptors (Lipinski definition) is 2. The first-order chi connectivity index (χ1) is 7.75. The van der Waals surface area contributed by atoms with Crippen LogP contribution in [0.3, 0.4) is 0 Å². The molecule has 0 atom stereocenters. The summed E-state index contributed by atoms with van der Waals surface area (Å²) in [6.07, 6.45) is 5.02. The lowest BCUT2D eigenvalue weighted by molar-refractivity contribution is 0.0482. The van der Waals surface area contributed by atoms with Crippen LogP contribution in [0.2, 0.25) is 0 Å². The third-order valence-corrected chi connectivity index (χ3v) is 3.09. The number of carbonyl (C=O) groups excluding carboxylic acids is 1. The Balaban J connectivity index is 1.87. The van der Waals surface area contributed by atoms with Crippen LogP contribution >= 0.6 is 0 Å². The first-order valence-electron chi connectivity index (χ1n) is 5.97. The number of ether oxygens (including phenoxy) is 1. The van der Waals surface area contributed by atoms with Crippen LogP contribution in [-0.4, -0.2) is 18.5 Å². The summed E-state index contributed by atoms with van der Waals surface area (Å²) < 4.78 is 5.61. The zero-order chi connectivity index (χ0) is 11.4. The molecule has 1 aromatic carbocycles. The Morgan fingerprint density at radius 2 is 2.12 bits per heavy atom. The third kappa shape index (κ3) is 2.92. The van der Waals surface area contributed by atoms with Crippen molar-refractivity contribution < 1.29 is 9.53 Å². The third-order valence-electron chi connectivity index (χ3n) is 3.09. The highest BCUT2D eigenvalue weighted by atomic mass is 16.5. The number of aryl methyl sites for hydroxylation is 1. The van der Waals surface area contributed by atoms with Gasteiger partial charge in [-0.3, -0.25) is 4.79 Å². The van der Waals surface area contributed by atoms with Crippen molar-refractivity contribution in [3.8, 4) is 0 Å². The summed E-state index contributed by atoms with van der Waals surface area (Å²) in [7, 11) is 0. The topological polar surface area (TPSA) is 26.3 Å². The molecule has 2 heteroatoms. The van der Waals surface area contributed by atoms with E-state index in [9.17, 15) is 4.79 Å². The van der Waals surface area contributed by atoms with Gasteiger partial charge in [-0.05, 0) is 25.8 Å². The van der Waals surface area contributed by atoms with Crippen molar-refractivity contribution >= 4 is 5.78 Å². The van der Waals surface area contributed by atoms with E-state index in [1.165, 1.54) is 12.8 Å². The van der Waals surface area contributed by atoms with Gasteiger partial charge in [0.05, 0.1) is 6.10 Å². The number of benzene rings is 1. The highest BCUT2D eigenvalue weighted by Crippen LogP contribution is 2.21. The molecule has 0 radical (unpaired) electrons. The molecule has 0 N–H and O–H groups in total. The molecule has 1 aliphatic rings. The van der Waals surface area contributed by atoms with Gasteiger partial charge in [-0.2, -0.15) is 0 Å². The van der Waals surface area contributed by atoms with E-state index in [1.807, 2.05) is 31.2 Å². The van der Waals surface area contributed by atoms with Crippen LogP contribution < -0.4 is 0 Å². The maximum Gasteiger partial charge on any atom is 0.188 e. The van der Waals surface area contributed by atoms with Crippen molar-refractivity contribution in [1.82, 2.24) is 0 Å². The normalized spacial score (nSPS) is 16.6. The smallest absolute Gasteiger partial charge is 0.188 e. The molecule has 16 heavy (non-hydrogen) atoms. The standard InChI is InChI=1S/C14H18O2/c1-11-5-4-6-12(9-11)14(15)10-16-13-7-2-3-8-13/h4-6,9,13H,2-3,7-8,10H2,1H3. The molecule has 0 bridgehead atoms. The Kier molecular flexibility index (Phi) is 3.73. The van der Waals surface area contributed by atoms with Gasteiger partial charge < -0.3 is 4.74 Å². The van der Waals surface area contributed by atoms with Crippen LogP contribution in [0.1, 0.15) is 41.6 Å². The lowest BCUT2D eigenvalue weighted by atomic mass is 10.1. The molecule has 86 valence electrons. The summed E-state index contributed by atoms with van der Waals surface area (Å²) in [6, 6.07) is 7.68.